The number of esters is 1. The summed E-state index contributed by atoms with van der Waals surface area (Å²) in [5.41, 5.74) is 1.37. The maximum atomic E-state index is 11.6. The molecule has 2 aromatic rings. The Labute approximate surface area is 142 Å². The summed E-state index contributed by atoms with van der Waals surface area (Å²) < 4.78 is 4.97. The van der Waals surface area contributed by atoms with Crippen molar-refractivity contribution in [2.24, 2.45) is 5.92 Å². The molecule has 6 nitrogen and oxygen atoms in total. The van der Waals surface area contributed by atoms with Crippen molar-refractivity contribution in [2.75, 3.05) is 23.8 Å². The normalized spacial score (nSPS) is 10.5. The van der Waals surface area contributed by atoms with Gasteiger partial charge in [-0.3, -0.25) is 0 Å². The second-order valence-corrected chi connectivity index (χ2v) is 5.82. The highest BCUT2D eigenvalue weighted by atomic mass is 16.5. The quantitative estimate of drug-likeness (QED) is 0.717. The Hall–Kier alpha value is -2.63. The minimum absolute atomic E-state index is 0.317. The Morgan fingerprint density at radius 3 is 2.54 bits per heavy atom. The maximum absolute atomic E-state index is 11.6. The third kappa shape index (κ3) is 5.53. The molecule has 24 heavy (non-hydrogen) atoms. The molecule has 0 saturated heterocycles. The minimum atomic E-state index is -0.317. The van der Waals surface area contributed by atoms with Crippen LogP contribution in [0.4, 0.5) is 17.3 Å². The van der Waals surface area contributed by atoms with Gasteiger partial charge in [-0.2, -0.15) is 0 Å². The number of anilines is 3. The highest BCUT2D eigenvalue weighted by molar-refractivity contribution is 5.89. The summed E-state index contributed by atoms with van der Waals surface area (Å²) in [6.45, 7) is 7.41. The van der Waals surface area contributed by atoms with Crippen LogP contribution in [0.1, 0.15) is 37.6 Å². The number of hydrogen-bond acceptors (Lipinski definition) is 6. The van der Waals surface area contributed by atoms with Crippen molar-refractivity contribution in [3.8, 4) is 0 Å². The minimum Gasteiger partial charge on any atom is -0.462 e. The SMILES string of the molecule is CCOC(=O)c1ccc(Nc2cc(NCCC(C)C)ncn2)cc1. The molecule has 0 bridgehead atoms. The van der Waals surface area contributed by atoms with Crippen molar-refractivity contribution >= 4 is 23.3 Å². The van der Waals surface area contributed by atoms with Crippen molar-refractivity contribution in [3.05, 3.63) is 42.2 Å². The van der Waals surface area contributed by atoms with Gasteiger partial charge in [-0.25, -0.2) is 14.8 Å². The van der Waals surface area contributed by atoms with Crippen LogP contribution in [0, 0.1) is 5.92 Å². The van der Waals surface area contributed by atoms with Crippen LogP contribution in [0.5, 0.6) is 0 Å². The van der Waals surface area contributed by atoms with E-state index in [1.807, 2.05) is 18.2 Å². The highest BCUT2D eigenvalue weighted by Crippen LogP contribution is 2.17. The Balaban J connectivity index is 1.96. The van der Waals surface area contributed by atoms with Crippen molar-refractivity contribution < 1.29 is 9.53 Å². The van der Waals surface area contributed by atoms with Crippen LogP contribution < -0.4 is 10.6 Å². The molecule has 0 aliphatic rings. The zero-order valence-corrected chi connectivity index (χ0v) is 14.4. The zero-order valence-electron chi connectivity index (χ0n) is 14.4. The van der Waals surface area contributed by atoms with Crippen LogP contribution in [-0.2, 0) is 4.74 Å². The number of aromatic nitrogens is 2. The fraction of sp³-hybridized carbons (Fsp3) is 0.389. The smallest absolute Gasteiger partial charge is 0.338 e. The van der Waals surface area contributed by atoms with Gasteiger partial charge >= 0.3 is 5.97 Å². The van der Waals surface area contributed by atoms with Gasteiger partial charge in [0.2, 0.25) is 0 Å². The largest absolute Gasteiger partial charge is 0.462 e. The third-order valence-corrected chi connectivity index (χ3v) is 3.36. The topological polar surface area (TPSA) is 76.1 Å². The molecule has 0 aliphatic carbocycles. The molecule has 1 aromatic heterocycles. The monoisotopic (exact) mass is 328 g/mol. The molecule has 1 aromatic carbocycles. The molecule has 6 heteroatoms. The van der Waals surface area contributed by atoms with Gasteiger partial charge < -0.3 is 15.4 Å². The van der Waals surface area contributed by atoms with E-state index in [0.29, 0.717) is 23.9 Å². The van der Waals surface area contributed by atoms with E-state index in [9.17, 15) is 4.79 Å². The lowest BCUT2D eigenvalue weighted by atomic mass is 10.1. The van der Waals surface area contributed by atoms with Crippen LogP contribution in [-0.4, -0.2) is 29.1 Å². The van der Waals surface area contributed by atoms with Gasteiger partial charge in [0, 0.05) is 18.3 Å². The average Bonchev–Trinajstić information content (AvgIpc) is 2.56. The summed E-state index contributed by atoms with van der Waals surface area (Å²) in [4.78, 5) is 20.1. The van der Waals surface area contributed by atoms with E-state index in [4.69, 9.17) is 4.74 Å². The Bertz CT molecular complexity index is 656. The molecule has 0 spiro atoms. The molecule has 2 rings (SSSR count). The second-order valence-electron chi connectivity index (χ2n) is 5.82. The first-order valence-corrected chi connectivity index (χ1v) is 8.18. The number of hydrogen-bond donors (Lipinski definition) is 2. The van der Waals surface area contributed by atoms with Gasteiger partial charge in [0.1, 0.15) is 18.0 Å². The molecule has 0 atom stereocenters. The Morgan fingerprint density at radius 1 is 1.17 bits per heavy atom. The maximum Gasteiger partial charge on any atom is 0.338 e. The van der Waals surface area contributed by atoms with Crippen LogP contribution in [0.2, 0.25) is 0 Å². The van der Waals surface area contributed by atoms with E-state index in [2.05, 4.69) is 34.4 Å². The molecule has 0 radical (unpaired) electrons. The van der Waals surface area contributed by atoms with E-state index in [-0.39, 0.29) is 5.97 Å². The van der Waals surface area contributed by atoms with E-state index in [1.54, 1.807) is 19.1 Å². The lowest BCUT2D eigenvalue weighted by molar-refractivity contribution is 0.0526. The first-order chi connectivity index (χ1) is 11.6. The molecule has 0 aliphatic heterocycles. The van der Waals surface area contributed by atoms with E-state index in [0.717, 1.165) is 24.5 Å². The summed E-state index contributed by atoms with van der Waals surface area (Å²) in [7, 11) is 0. The standard InChI is InChI=1S/C18H24N4O2/c1-4-24-18(23)14-5-7-15(8-6-14)22-17-11-16(20-12-21-17)19-10-9-13(2)3/h5-8,11-13H,4,9-10H2,1-3H3,(H2,19,20,21,22). The Kier molecular flexibility index (Phi) is 6.54. The molecular weight excluding hydrogens is 304 g/mol. The van der Waals surface area contributed by atoms with E-state index >= 15 is 0 Å². The fourth-order valence-electron chi connectivity index (χ4n) is 2.06. The molecular formula is C18H24N4O2. The van der Waals surface area contributed by atoms with Crippen LogP contribution in [0.15, 0.2) is 36.7 Å². The molecule has 2 N–H and O–H groups in total. The van der Waals surface area contributed by atoms with Gasteiger partial charge in [0.05, 0.1) is 12.2 Å². The number of nitrogens with one attached hydrogen (secondary N) is 2. The van der Waals surface area contributed by atoms with Crippen molar-refractivity contribution in [2.45, 2.75) is 27.2 Å². The van der Waals surface area contributed by atoms with Crippen molar-refractivity contribution in [3.63, 3.8) is 0 Å². The molecule has 0 unspecified atom stereocenters. The fourth-order valence-corrected chi connectivity index (χ4v) is 2.06. The first-order valence-electron chi connectivity index (χ1n) is 8.18. The molecule has 0 saturated carbocycles. The number of rotatable bonds is 8. The molecule has 1 heterocycles. The predicted molar refractivity (Wildman–Crippen MR) is 95.7 cm³/mol. The number of ether oxygens (including phenoxy) is 1. The summed E-state index contributed by atoms with van der Waals surface area (Å²) in [6, 6.07) is 8.95. The first kappa shape index (κ1) is 17.7. The summed E-state index contributed by atoms with van der Waals surface area (Å²) in [5.74, 6) is 1.81. The predicted octanol–water partition coefficient (Wildman–Crippen LogP) is 3.85. The van der Waals surface area contributed by atoms with Gasteiger partial charge in [0.25, 0.3) is 0 Å². The van der Waals surface area contributed by atoms with Crippen LogP contribution in [0.25, 0.3) is 0 Å². The van der Waals surface area contributed by atoms with Crippen LogP contribution >= 0.6 is 0 Å². The second kappa shape index (κ2) is 8.86. The zero-order chi connectivity index (χ0) is 17.4. The van der Waals surface area contributed by atoms with Crippen molar-refractivity contribution in [1.82, 2.24) is 9.97 Å². The number of nitrogens with zero attached hydrogens (tertiary/aromatic N) is 2. The molecule has 0 amide bonds. The Morgan fingerprint density at radius 2 is 1.88 bits per heavy atom. The van der Waals surface area contributed by atoms with Gasteiger partial charge in [-0.1, -0.05) is 13.8 Å². The van der Waals surface area contributed by atoms with E-state index < -0.39 is 0 Å². The number of carbonyl (C=O) groups is 1. The molecule has 0 fully saturated rings. The number of benzene rings is 1. The summed E-state index contributed by atoms with van der Waals surface area (Å²) >= 11 is 0. The lowest BCUT2D eigenvalue weighted by Crippen LogP contribution is -2.07. The van der Waals surface area contributed by atoms with Gasteiger partial charge in [-0.15, -0.1) is 0 Å². The van der Waals surface area contributed by atoms with Crippen LogP contribution in [0.3, 0.4) is 0 Å². The van der Waals surface area contributed by atoms with Gasteiger partial charge in [0.15, 0.2) is 0 Å². The summed E-state index contributed by atoms with van der Waals surface area (Å²) in [6.07, 6.45) is 2.61. The van der Waals surface area contributed by atoms with E-state index in [1.165, 1.54) is 6.33 Å². The highest BCUT2D eigenvalue weighted by Gasteiger charge is 2.06. The summed E-state index contributed by atoms with van der Waals surface area (Å²) in [5, 5.41) is 6.49. The molecule has 128 valence electrons. The lowest BCUT2D eigenvalue weighted by Gasteiger charge is -2.10. The third-order valence-electron chi connectivity index (χ3n) is 3.36. The van der Waals surface area contributed by atoms with Gasteiger partial charge in [-0.05, 0) is 43.5 Å². The van der Waals surface area contributed by atoms with Crippen molar-refractivity contribution in [1.29, 1.82) is 0 Å². The average molecular weight is 328 g/mol. The number of carbonyl (C=O) groups excluding carboxylic acids is 1.